The first kappa shape index (κ1) is 15.3. The van der Waals surface area contributed by atoms with Crippen LogP contribution in [0.4, 0.5) is 11.4 Å². The normalized spacial score (nSPS) is 11.9. The lowest BCUT2D eigenvalue weighted by Gasteiger charge is -2.07. The first-order valence-electron chi connectivity index (χ1n) is 6.57. The molecule has 4 nitrogen and oxygen atoms in total. The number of rotatable bonds is 4. The summed E-state index contributed by atoms with van der Waals surface area (Å²) in [5, 5.41) is 2.74. The summed E-state index contributed by atoms with van der Waals surface area (Å²) in [6.45, 7) is 3.83. The van der Waals surface area contributed by atoms with E-state index in [1.165, 1.54) is 0 Å². The highest BCUT2D eigenvalue weighted by Crippen LogP contribution is 2.16. The smallest absolute Gasteiger partial charge is 0.237 e. The van der Waals surface area contributed by atoms with Crippen LogP contribution in [0.25, 0.3) is 0 Å². The van der Waals surface area contributed by atoms with Crippen LogP contribution in [0.1, 0.15) is 11.1 Å². The van der Waals surface area contributed by atoms with Gasteiger partial charge in [-0.2, -0.15) is 0 Å². The molecule has 2 aromatic carbocycles. The molecule has 0 aliphatic carbocycles. The van der Waals surface area contributed by atoms with E-state index in [9.17, 15) is 9.00 Å². The van der Waals surface area contributed by atoms with Crippen molar-refractivity contribution in [2.75, 3.05) is 16.8 Å². The fraction of sp³-hybridized carbons (Fsp3) is 0.188. The van der Waals surface area contributed by atoms with Crippen molar-refractivity contribution in [2.24, 2.45) is 0 Å². The zero-order chi connectivity index (χ0) is 15.4. The number of aryl methyl sites for hydroxylation is 2. The van der Waals surface area contributed by atoms with Gasteiger partial charge in [-0.25, -0.2) is 0 Å². The van der Waals surface area contributed by atoms with Crippen molar-refractivity contribution in [1.82, 2.24) is 0 Å². The molecule has 0 aliphatic heterocycles. The van der Waals surface area contributed by atoms with Gasteiger partial charge in [0.1, 0.15) is 5.75 Å². The third kappa shape index (κ3) is 4.16. The van der Waals surface area contributed by atoms with Crippen molar-refractivity contribution in [3.63, 3.8) is 0 Å². The molecule has 0 heterocycles. The molecule has 1 atom stereocenters. The van der Waals surface area contributed by atoms with E-state index in [-0.39, 0.29) is 11.7 Å². The van der Waals surface area contributed by atoms with E-state index in [0.29, 0.717) is 16.3 Å². The van der Waals surface area contributed by atoms with Gasteiger partial charge in [0.05, 0.1) is 10.8 Å². The van der Waals surface area contributed by atoms with E-state index in [0.717, 1.165) is 11.1 Å². The number of benzene rings is 2. The first-order valence-corrected chi connectivity index (χ1v) is 7.88. The predicted octanol–water partition coefficient (Wildman–Crippen LogP) is 2.63. The lowest BCUT2D eigenvalue weighted by molar-refractivity contribution is -0.113. The number of amides is 1. The Morgan fingerprint density at radius 1 is 1.14 bits per heavy atom. The maximum atomic E-state index is 12.2. The Morgan fingerprint density at radius 2 is 1.81 bits per heavy atom. The van der Waals surface area contributed by atoms with Crippen molar-refractivity contribution >= 4 is 28.1 Å². The number of carbonyl (C=O) groups is 1. The summed E-state index contributed by atoms with van der Waals surface area (Å²) in [6, 6.07) is 12.6. The molecule has 5 heteroatoms. The van der Waals surface area contributed by atoms with Crippen molar-refractivity contribution in [3.05, 3.63) is 53.6 Å². The number of anilines is 2. The first-order chi connectivity index (χ1) is 9.95. The zero-order valence-electron chi connectivity index (χ0n) is 12.1. The van der Waals surface area contributed by atoms with Crippen LogP contribution < -0.4 is 11.1 Å². The molecule has 0 saturated heterocycles. The Bertz CT molecular complexity index is 681. The summed E-state index contributed by atoms with van der Waals surface area (Å²) in [4.78, 5) is 12.5. The fourth-order valence-electron chi connectivity index (χ4n) is 1.83. The summed E-state index contributed by atoms with van der Waals surface area (Å²) in [5.74, 6) is -0.344. The lowest BCUT2D eigenvalue weighted by atomic mass is 10.2. The van der Waals surface area contributed by atoms with E-state index in [2.05, 4.69) is 5.32 Å². The Kier molecular flexibility index (Phi) is 4.75. The predicted molar refractivity (Wildman–Crippen MR) is 86.7 cm³/mol. The summed E-state index contributed by atoms with van der Waals surface area (Å²) < 4.78 is 12.2. The Hall–Kier alpha value is -2.14. The largest absolute Gasteiger partial charge is 0.399 e. The molecule has 21 heavy (non-hydrogen) atoms. The van der Waals surface area contributed by atoms with Gasteiger partial charge in [-0.1, -0.05) is 17.7 Å². The van der Waals surface area contributed by atoms with Gasteiger partial charge in [-0.15, -0.1) is 0 Å². The van der Waals surface area contributed by atoms with Crippen LogP contribution in [-0.2, 0) is 15.6 Å². The van der Waals surface area contributed by atoms with Crippen LogP contribution >= 0.6 is 0 Å². The number of nitrogens with one attached hydrogen (secondary N) is 1. The minimum absolute atomic E-state index is 0.0722. The van der Waals surface area contributed by atoms with Crippen LogP contribution in [0.5, 0.6) is 0 Å². The topological polar surface area (TPSA) is 72.2 Å². The van der Waals surface area contributed by atoms with Crippen LogP contribution in [0.3, 0.4) is 0 Å². The molecule has 2 rings (SSSR count). The van der Waals surface area contributed by atoms with Crippen LogP contribution in [0.15, 0.2) is 47.4 Å². The molecule has 0 aliphatic rings. The van der Waals surface area contributed by atoms with E-state index in [4.69, 9.17) is 5.73 Å². The molecule has 0 bridgehead atoms. The van der Waals surface area contributed by atoms with Crippen LogP contribution in [-0.4, -0.2) is 15.9 Å². The molecule has 0 fully saturated rings. The fourth-order valence-corrected chi connectivity index (χ4v) is 2.83. The van der Waals surface area contributed by atoms with Crippen molar-refractivity contribution in [1.29, 1.82) is 0 Å². The maximum absolute atomic E-state index is 12.2. The number of hydrogen-bond acceptors (Lipinski definition) is 3. The van der Waals surface area contributed by atoms with E-state index in [1.54, 1.807) is 18.2 Å². The van der Waals surface area contributed by atoms with Gasteiger partial charge in [-0.05, 0) is 49.7 Å². The Balaban J connectivity index is 2.00. The van der Waals surface area contributed by atoms with E-state index >= 15 is 0 Å². The summed E-state index contributed by atoms with van der Waals surface area (Å²) in [7, 11) is -1.38. The molecule has 1 unspecified atom stereocenters. The highest BCUT2D eigenvalue weighted by molar-refractivity contribution is 7.85. The molecule has 2 aromatic rings. The average molecular weight is 302 g/mol. The highest BCUT2D eigenvalue weighted by Gasteiger charge is 2.11. The minimum Gasteiger partial charge on any atom is -0.399 e. The Morgan fingerprint density at radius 3 is 2.43 bits per heavy atom. The SMILES string of the molecule is Cc1ccc(NC(=O)CS(=O)c2ccc(N)c(C)c2)cc1. The minimum atomic E-state index is -1.38. The highest BCUT2D eigenvalue weighted by atomic mass is 32.2. The second kappa shape index (κ2) is 6.54. The van der Waals surface area contributed by atoms with Gasteiger partial charge in [0.25, 0.3) is 0 Å². The zero-order valence-corrected chi connectivity index (χ0v) is 12.9. The monoisotopic (exact) mass is 302 g/mol. The van der Waals surface area contributed by atoms with Gasteiger partial charge in [0.15, 0.2) is 0 Å². The molecule has 0 aromatic heterocycles. The van der Waals surface area contributed by atoms with Gasteiger partial charge in [0, 0.05) is 16.3 Å². The summed E-state index contributed by atoms with van der Waals surface area (Å²) >= 11 is 0. The standard InChI is InChI=1S/C16H18N2O2S/c1-11-3-5-13(6-4-11)18-16(19)10-21(20)14-7-8-15(17)12(2)9-14/h3-9H,10,17H2,1-2H3,(H,18,19). The lowest BCUT2D eigenvalue weighted by Crippen LogP contribution is -2.19. The molecule has 1 amide bonds. The van der Waals surface area contributed by atoms with Gasteiger partial charge in [-0.3, -0.25) is 9.00 Å². The summed E-state index contributed by atoms with van der Waals surface area (Å²) in [5.41, 5.74) is 9.06. The molecular weight excluding hydrogens is 284 g/mol. The van der Waals surface area contributed by atoms with Crippen LogP contribution in [0.2, 0.25) is 0 Å². The molecule has 3 N–H and O–H groups in total. The third-order valence-electron chi connectivity index (χ3n) is 3.10. The number of hydrogen-bond donors (Lipinski definition) is 2. The quantitative estimate of drug-likeness (QED) is 0.853. The number of carbonyl (C=O) groups excluding carboxylic acids is 1. The van der Waals surface area contributed by atoms with Crippen LogP contribution in [0, 0.1) is 13.8 Å². The van der Waals surface area contributed by atoms with Crippen molar-refractivity contribution < 1.29 is 9.00 Å². The third-order valence-corrected chi connectivity index (χ3v) is 4.41. The van der Waals surface area contributed by atoms with Gasteiger partial charge >= 0.3 is 0 Å². The molecular formula is C16H18N2O2S. The second-order valence-corrected chi connectivity index (χ2v) is 6.37. The number of nitrogen functional groups attached to an aromatic ring is 1. The van der Waals surface area contributed by atoms with Gasteiger partial charge < -0.3 is 11.1 Å². The molecule has 0 radical (unpaired) electrons. The molecule has 110 valence electrons. The molecule has 0 spiro atoms. The average Bonchev–Trinajstić information content (AvgIpc) is 2.44. The van der Waals surface area contributed by atoms with Crippen molar-refractivity contribution in [2.45, 2.75) is 18.7 Å². The molecule has 0 saturated carbocycles. The maximum Gasteiger partial charge on any atom is 0.237 e. The van der Waals surface area contributed by atoms with Crippen molar-refractivity contribution in [3.8, 4) is 0 Å². The number of nitrogens with two attached hydrogens (primary N) is 1. The summed E-state index contributed by atoms with van der Waals surface area (Å²) in [6.07, 6.45) is 0. The van der Waals surface area contributed by atoms with Gasteiger partial charge in [0.2, 0.25) is 5.91 Å². The second-order valence-electron chi connectivity index (χ2n) is 4.92. The van der Waals surface area contributed by atoms with E-state index < -0.39 is 10.8 Å². The van der Waals surface area contributed by atoms with E-state index in [1.807, 2.05) is 38.1 Å². The Labute approximate surface area is 126 Å².